The number of benzene rings is 2. The Morgan fingerprint density at radius 3 is 2.25 bits per heavy atom. The molecule has 0 aliphatic rings. The lowest BCUT2D eigenvalue weighted by atomic mass is 10.2. The van der Waals surface area contributed by atoms with Crippen LogP contribution in [-0.4, -0.2) is 39.8 Å². The van der Waals surface area contributed by atoms with Crippen LogP contribution in [0.15, 0.2) is 51.8 Å². The molecule has 24 heavy (non-hydrogen) atoms. The van der Waals surface area contributed by atoms with Crippen LogP contribution in [0.1, 0.15) is 10.4 Å². The van der Waals surface area contributed by atoms with Crippen LogP contribution >= 0.6 is 15.9 Å². The fraction of sp³-hybridized carbons (Fsp3) is 0.188. The number of nitrogens with zero attached hydrogens (tertiary/aromatic N) is 1. The van der Waals surface area contributed by atoms with Crippen molar-refractivity contribution in [1.82, 2.24) is 4.31 Å². The Labute approximate surface area is 149 Å². The zero-order valence-corrected chi connectivity index (χ0v) is 15.8. The van der Waals surface area contributed by atoms with Crippen molar-refractivity contribution in [3.8, 4) is 5.75 Å². The minimum Gasteiger partial charge on any atom is -0.496 e. The number of sulfonamides is 1. The van der Waals surface area contributed by atoms with E-state index in [0.29, 0.717) is 21.5 Å². The summed E-state index contributed by atoms with van der Waals surface area (Å²) in [4.78, 5) is 12.4. The number of hydrogen-bond donors (Lipinski definition) is 1. The molecule has 2 rings (SSSR count). The predicted molar refractivity (Wildman–Crippen MR) is 96.0 cm³/mol. The fourth-order valence-corrected chi connectivity index (χ4v) is 3.37. The third-order valence-corrected chi connectivity index (χ3v) is 5.75. The van der Waals surface area contributed by atoms with Gasteiger partial charge < -0.3 is 10.1 Å². The highest BCUT2D eigenvalue weighted by molar-refractivity contribution is 9.10. The molecule has 0 spiro atoms. The lowest BCUT2D eigenvalue weighted by Crippen LogP contribution is -2.22. The van der Waals surface area contributed by atoms with Crippen LogP contribution in [0.5, 0.6) is 5.75 Å². The van der Waals surface area contributed by atoms with Gasteiger partial charge in [0.05, 0.1) is 16.5 Å². The molecule has 0 saturated heterocycles. The van der Waals surface area contributed by atoms with Crippen molar-refractivity contribution in [2.45, 2.75) is 4.90 Å². The highest BCUT2D eigenvalue weighted by Gasteiger charge is 2.17. The Morgan fingerprint density at radius 2 is 1.75 bits per heavy atom. The first kappa shape index (κ1) is 18.4. The number of amides is 1. The van der Waals surface area contributed by atoms with Crippen molar-refractivity contribution < 1.29 is 17.9 Å². The Hall–Kier alpha value is -1.90. The summed E-state index contributed by atoms with van der Waals surface area (Å²) in [7, 11) is 0.987. The SMILES string of the molecule is COc1ccc(C(=O)Nc2ccc(S(=O)(=O)N(C)C)cc2)cc1Br. The largest absolute Gasteiger partial charge is 0.496 e. The summed E-state index contributed by atoms with van der Waals surface area (Å²) in [6.45, 7) is 0. The maximum atomic E-state index is 12.3. The second kappa shape index (κ2) is 7.33. The number of methoxy groups -OCH3 is 1. The molecule has 0 atom stereocenters. The van der Waals surface area contributed by atoms with Crippen LogP contribution in [0.2, 0.25) is 0 Å². The summed E-state index contributed by atoms with van der Waals surface area (Å²) in [6, 6.07) is 11.0. The van der Waals surface area contributed by atoms with Crippen molar-refractivity contribution in [3.05, 3.63) is 52.5 Å². The first-order valence-corrected chi connectivity index (χ1v) is 9.16. The third-order valence-electron chi connectivity index (χ3n) is 3.30. The van der Waals surface area contributed by atoms with E-state index >= 15 is 0 Å². The lowest BCUT2D eigenvalue weighted by molar-refractivity contribution is 0.102. The average molecular weight is 413 g/mol. The Morgan fingerprint density at radius 1 is 1.12 bits per heavy atom. The number of carbonyl (C=O) groups excluding carboxylic acids is 1. The van der Waals surface area contributed by atoms with E-state index in [1.54, 1.807) is 37.4 Å². The van der Waals surface area contributed by atoms with E-state index in [-0.39, 0.29) is 10.8 Å². The molecule has 1 amide bonds. The molecule has 0 heterocycles. The molecule has 0 saturated carbocycles. The molecule has 1 N–H and O–H groups in total. The quantitative estimate of drug-likeness (QED) is 0.818. The molecule has 2 aromatic rings. The topological polar surface area (TPSA) is 75.7 Å². The molecule has 0 fully saturated rings. The number of anilines is 1. The maximum absolute atomic E-state index is 12.3. The number of carbonyl (C=O) groups is 1. The van der Waals surface area contributed by atoms with Gasteiger partial charge in [0, 0.05) is 25.3 Å². The lowest BCUT2D eigenvalue weighted by Gasteiger charge is -2.12. The van der Waals surface area contributed by atoms with Crippen LogP contribution in [0.3, 0.4) is 0 Å². The third kappa shape index (κ3) is 3.95. The van der Waals surface area contributed by atoms with Crippen molar-refractivity contribution in [2.75, 3.05) is 26.5 Å². The molecule has 0 aliphatic carbocycles. The average Bonchev–Trinajstić information content (AvgIpc) is 2.55. The monoisotopic (exact) mass is 412 g/mol. The van der Waals surface area contributed by atoms with Crippen molar-refractivity contribution in [2.24, 2.45) is 0 Å². The van der Waals surface area contributed by atoms with E-state index < -0.39 is 10.0 Å². The van der Waals surface area contributed by atoms with Crippen molar-refractivity contribution >= 4 is 37.5 Å². The highest BCUT2D eigenvalue weighted by Crippen LogP contribution is 2.26. The molecule has 6 nitrogen and oxygen atoms in total. The zero-order valence-electron chi connectivity index (χ0n) is 13.4. The van der Waals surface area contributed by atoms with Gasteiger partial charge in [0.15, 0.2) is 0 Å². The predicted octanol–water partition coefficient (Wildman–Crippen LogP) is 2.96. The fourth-order valence-electron chi connectivity index (χ4n) is 1.93. The number of hydrogen-bond acceptors (Lipinski definition) is 4. The number of halogens is 1. The molecule has 0 unspecified atom stereocenters. The van der Waals surface area contributed by atoms with Crippen LogP contribution in [-0.2, 0) is 10.0 Å². The van der Waals surface area contributed by atoms with Gasteiger partial charge in [-0.15, -0.1) is 0 Å². The van der Waals surface area contributed by atoms with E-state index in [0.717, 1.165) is 4.31 Å². The normalized spacial score (nSPS) is 11.4. The van der Waals surface area contributed by atoms with E-state index in [4.69, 9.17) is 4.74 Å². The van der Waals surface area contributed by atoms with Crippen LogP contribution in [0, 0.1) is 0 Å². The summed E-state index contributed by atoms with van der Waals surface area (Å²) in [6.07, 6.45) is 0. The Balaban J connectivity index is 2.17. The van der Waals surface area contributed by atoms with Gasteiger partial charge in [-0.05, 0) is 58.4 Å². The van der Waals surface area contributed by atoms with Gasteiger partial charge in [0.1, 0.15) is 5.75 Å². The smallest absolute Gasteiger partial charge is 0.255 e. The van der Waals surface area contributed by atoms with Crippen LogP contribution in [0.4, 0.5) is 5.69 Å². The molecular formula is C16H17BrN2O4S. The standard InChI is InChI=1S/C16H17BrN2O4S/c1-19(2)24(21,22)13-7-5-12(6-8-13)18-16(20)11-4-9-15(23-3)14(17)10-11/h4-10H,1-3H3,(H,18,20). The van der Waals surface area contributed by atoms with E-state index in [2.05, 4.69) is 21.2 Å². The molecule has 8 heteroatoms. The van der Waals surface area contributed by atoms with Gasteiger partial charge in [0.2, 0.25) is 10.0 Å². The van der Waals surface area contributed by atoms with Gasteiger partial charge in [-0.2, -0.15) is 0 Å². The zero-order chi connectivity index (χ0) is 17.9. The molecule has 2 aromatic carbocycles. The number of nitrogens with one attached hydrogen (secondary N) is 1. The molecule has 128 valence electrons. The minimum atomic E-state index is -3.49. The van der Waals surface area contributed by atoms with E-state index in [9.17, 15) is 13.2 Å². The summed E-state index contributed by atoms with van der Waals surface area (Å²) < 4.78 is 30.9. The highest BCUT2D eigenvalue weighted by atomic mass is 79.9. The second-order valence-electron chi connectivity index (χ2n) is 5.12. The first-order valence-electron chi connectivity index (χ1n) is 6.93. The Bertz CT molecular complexity index is 849. The second-order valence-corrected chi connectivity index (χ2v) is 8.12. The molecule has 0 aromatic heterocycles. The van der Waals surface area contributed by atoms with Crippen molar-refractivity contribution in [1.29, 1.82) is 0 Å². The molecule has 0 radical (unpaired) electrons. The van der Waals surface area contributed by atoms with Crippen molar-refractivity contribution in [3.63, 3.8) is 0 Å². The minimum absolute atomic E-state index is 0.165. The van der Waals surface area contributed by atoms with Gasteiger partial charge in [-0.3, -0.25) is 4.79 Å². The Kier molecular flexibility index (Phi) is 5.63. The maximum Gasteiger partial charge on any atom is 0.255 e. The molecular weight excluding hydrogens is 396 g/mol. The van der Waals surface area contributed by atoms with Crippen LogP contribution in [0.25, 0.3) is 0 Å². The number of rotatable bonds is 5. The summed E-state index contributed by atoms with van der Waals surface area (Å²) in [5, 5.41) is 2.72. The summed E-state index contributed by atoms with van der Waals surface area (Å²) in [5.74, 6) is 0.325. The molecule has 0 bridgehead atoms. The summed E-state index contributed by atoms with van der Waals surface area (Å²) in [5.41, 5.74) is 0.956. The summed E-state index contributed by atoms with van der Waals surface area (Å²) >= 11 is 3.33. The van der Waals surface area contributed by atoms with Gasteiger partial charge in [-0.1, -0.05) is 0 Å². The van der Waals surface area contributed by atoms with E-state index in [1.807, 2.05) is 0 Å². The van der Waals surface area contributed by atoms with Gasteiger partial charge >= 0.3 is 0 Å². The van der Waals surface area contributed by atoms with Gasteiger partial charge in [0.25, 0.3) is 5.91 Å². The van der Waals surface area contributed by atoms with Gasteiger partial charge in [-0.25, -0.2) is 12.7 Å². The van der Waals surface area contributed by atoms with E-state index in [1.165, 1.54) is 26.2 Å². The number of ether oxygens (including phenoxy) is 1. The molecule has 0 aliphatic heterocycles. The first-order chi connectivity index (χ1) is 11.3. The van der Waals surface area contributed by atoms with Crippen LogP contribution < -0.4 is 10.1 Å².